The maximum absolute atomic E-state index is 6.05. The molecule has 1 aromatic heterocycles. The van der Waals surface area contributed by atoms with Crippen LogP contribution in [-0.2, 0) is 17.7 Å². The Bertz CT molecular complexity index is 397. The zero-order chi connectivity index (χ0) is 15.9. The Balaban J connectivity index is 2.91. The van der Waals surface area contributed by atoms with Gasteiger partial charge in [-0.05, 0) is 25.3 Å². The first-order valence-corrected chi connectivity index (χ1v) is 8.15. The van der Waals surface area contributed by atoms with Crippen LogP contribution in [0.3, 0.4) is 0 Å². The van der Waals surface area contributed by atoms with Crippen LogP contribution < -0.4 is 5.32 Å². The van der Waals surface area contributed by atoms with Crippen molar-refractivity contribution < 1.29 is 4.74 Å². The minimum Gasteiger partial charge on any atom is -0.376 e. The summed E-state index contributed by atoms with van der Waals surface area (Å²) in [6.45, 7) is 15.6. The molecule has 0 fully saturated rings. The fourth-order valence-corrected chi connectivity index (χ4v) is 2.74. The molecule has 0 aliphatic rings. The third-order valence-corrected chi connectivity index (χ3v) is 3.57. The fraction of sp³-hybridized carbons (Fsp3) is 0.875. The van der Waals surface area contributed by atoms with E-state index in [0.29, 0.717) is 0 Å². The van der Waals surface area contributed by atoms with Gasteiger partial charge in [0.1, 0.15) is 12.2 Å². The summed E-state index contributed by atoms with van der Waals surface area (Å²) in [6.07, 6.45) is 3.71. The average Bonchev–Trinajstić information content (AvgIpc) is 2.82. The Kier molecular flexibility index (Phi) is 7.32. The normalized spacial score (nSPS) is 15.1. The van der Waals surface area contributed by atoms with Gasteiger partial charge >= 0.3 is 0 Å². The van der Waals surface area contributed by atoms with Crippen LogP contribution in [0.2, 0.25) is 0 Å². The highest BCUT2D eigenvalue weighted by molar-refractivity contribution is 4.96. The predicted octanol–water partition coefficient (Wildman–Crippen LogP) is 2.66. The SMILES string of the molecule is CCCn1ncnc1CC(NCC)C(OCC)C(C)(C)C. The quantitative estimate of drug-likeness (QED) is 0.761. The summed E-state index contributed by atoms with van der Waals surface area (Å²) >= 11 is 0. The molecular weight excluding hydrogens is 264 g/mol. The molecule has 2 atom stereocenters. The lowest BCUT2D eigenvalue weighted by Gasteiger charge is -2.37. The molecule has 0 aliphatic carbocycles. The van der Waals surface area contributed by atoms with Crippen molar-refractivity contribution in [1.29, 1.82) is 0 Å². The van der Waals surface area contributed by atoms with Gasteiger partial charge in [-0.25, -0.2) is 4.98 Å². The molecule has 1 aromatic rings. The van der Waals surface area contributed by atoms with Crippen LogP contribution in [0.15, 0.2) is 6.33 Å². The second-order valence-electron chi connectivity index (χ2n) is 6.51. The molecule has 0 spiro atoms. The molecule has 5 nitrogen and oxygen atoms in total. The van der Waals surface area contributed by atoms with Gasteiger partial charge in [0, 0.05) is 25.6 Å². The summed E-state index contributed by atoms with van der Waals surface area (Å²) in [5.74, 6) is 1.04. The molecule has 1 heterocycles. The second kappa shape index (κ2) is 8.49. The van der Waals surface area contributed by atoms with E-state index < -0.39 is 0 Å². The standard InChI is InChI=1S/C16H32N4O/c1-7-10-20-14(18-12-19-20)11-13(17-8-2)15(21-9-3)16(4,5)6/h12-13,15,17H,7-11H2,1-6H3. The molecular formula is C16H32N4O. The van der Waals surface area contributed by atoms with Crippen molar-refractivity contribution in [3.63, 3.8) is 0 Å². The number of aromatic nitrogens is 3. The number of rotatable bonds is 9. The number of ether oxygens (including phenoxy) is 1. The molecule has 0 saturated carbocycles. The number of hydrogen-bond donors (Lipinski definition) is 1. The van der Waals surface area contributed by atoms with Gasteiger partial charge in [0.25, 0.3) is 0 Å². The van der Waals surface area contributed by atoms with Crippen molar-refractivity contribution in [2.45, 2.75) is 73.1 Å². The second-order valence-corrected chi connectivity index (χ2v) is 6.51. The molecule has 0 aliphatic heterocycles. The molecule has 0 radical (unpaired) electrons. The summed E-state index contributed by atoms with van der Waals surface area (Å²) < 4.78 is 8.06. The van der Waals surface area contributed by atoms with Crippen LogP contribution in [0.5, 0.6) is 0 Å². The number of nitrogens with one attached hydrogen (secondary N) is 1. The van der Waals surface area contributed by atoms with Crippen molar-refractivity contribution in [1.82, 2.24) is 20.1 Å². The number of nitrogens with zero attached hydrogens (tertiary/aromatic N) is 3. The maximum Gasteiger partial charge on any atom is 0.138 e. The van der Waals surface area contributed by atoms with E-state index >= 15 is 0 Å². The monoisotopic (exact) mass is 296 g/mol. The predicted molar refractivity (Wildman–Crippen MR) is 86.4 cm³/mol. The Morgan fingerprint density at radius 1 is 1.29 bits per heavy atom. The van der Waals surface area contributed by atoms with E-state index in [1.54, 1.807) is 6.33 Å². The summed E-state index contributed by atoms with van der Waals surface area (Å²) in [4.78, 5) is 4.44. The molecule has 1 rings (SSSR count). The van der Waals surface area contributed by atoms with E-state index in [-0.39, 0.29) is 17.6 Å². The van der Waals surface area contributed by atoms with E-state index in [1.807, 2.05) is 4.68 Å². The van der Waals surface area contributed by atoms with E-state index in [2.05, 4.69) is 56.9 Å². The minimum atomic E-state index is 0.0818. The van der Waals surface area contributed by atoms with E-state index in [1.165, 1.54) is 0 Å². The smallest absolute Gasteiger partial charge is 0.138 e. The van der Waals surface area contributed by atoms with Crippen LogP contribution in [0.25, 0.3) is 0 Å². The maximum atomic E-state index is 6.05. The van der Waals surface area contributed by atoms with Gasteiger partial charge in [-0.15, -0.1) is 0 Å². The van der Waals surface area contributed by atoms with Gasteiger partial charge in [-0.2, -0.15) is 5.10 Å². The number of aryl methyl sites for hydroxylation is 1. The largest absolute Gasteiger partial charge is 0.376 e. The summed E-state index contributed by atoms with van der Waals surface area (Å²) in [5.41, 5.74) is 0.0818. The highest BCUT2D eigenvalue weighted by Gasteiger charge is 2.33. The molecule has 0 aromatic carbocycles. The van der Waals surface area contributed by atoms with Crippen molar-refractivity contribution in [3.8, 4) is 0 Å². The van der Waals surface area contributed by atoms with Gasteiger partial charge in [0.15, 0.2) is 0 Å². The van der Waals surface area contributed by atoms with E-state index in [9.17, 15) is 0 Å². The van der Waals surface area contributed by atoms with Crippen molar-refractivity contribution >= 4 is 0 Å². The Hall–Kier alpha value is -0.940. The lowest BCUT2D eigenvalue weighted by atomic mass is 9.83. The van der Waals surface area contributed by atoms with Crippen LogP contribution in [0.4, 0.5) is 0 Å². The van der Waals surface area contributed by atoms with E-state index in [0.717, 1.165) is 38.4 Å². The first-order chi connectivity index (χ1) is 9.93. The molecule has 0 amide bonds. The van der Waals surface area contributed by atoms with Crippen molar-refractivity contribution in [2.24, 2.45) is 5.41 Å². The minimum absolute atomic E-state index is 0.0818. The molecule has 2 unspecified atom stereocenters. The zero-order valence-electron chi connectivity index (χ0n) is 14.5. The molecule has 1 N–H and O–H groups in total. The first-order valence-electron chi connectivity index (χ1n) is 8.15. The van der Waals surface area contributed by atoms with Crippen molar-refractivity contribution in [2.75, 3.05) is 13.2 Å². The molecule has 5 heteroatoms. The van der Waals surface area contributed by atoms with E-state index in [4.69, 9.17) is 4.74 Å². The number of likely N-dealkylation sites (N-methyl/N-ethyl adjacent to an activating group) is 1. The molecule has 0 saturated heterocycles. The first kappa shape index (κ1) is 18.1. The lowest BCUT2D eigenvalue weighted by molar-refractivity contribution is -0.0357. The average molecular weight is 296 g/mol. The topological polar surface area (TPSA) is 52.0 Å². The van der Waals surface area contributed by atoms with Gasteiger partial charge in [0.2, 0.25) is 0 Å². The highest BCUT2D eigenvalue weighted by Crippen LogP contribution is 2.26. The Morgan fingerprint density at radius 3 is 2.52 bits per heavy atom. The molecule has 122 valence electrons. The third kappa shape index (κ3) is 5.40. The fourth-order valence-electron chi connectivity index (χ4n) is 2.74. The Morgan fingerprint density at radius 2 is 2.00 bits per heavy atom. The van der Waals surface area contributed by atoms with Crippen LogP contribution in [0.1, 0.15) is 53.8 Å². The van der Waals surface area contributed by atoms with Crippen LogP contribution in [-0.4, -0.2) is 40.1 Å². The van der Waals surface area contributed by atoms with Gasteiger partial charge in [0.05, 0.1) is 6.10 Å². The Labute approximate surface area is 129 Å². The van der Waals surface area contributed by atoms with Gasteiger partial charge in [-0.3, -0.25) is 4.68 Å². The van der Waals surface area contributed by atoms with Crippen molar-refractivity contribution in [3.05, 3.63) is 12.2 Å². The van der Waals surface area contributed by atoms with Crippen LogP contribution >= 0.6 is 0 Å². The summed E-state index contributed by atoms with van der Waals surface area (Å²) in [5, 5.41) is 7.90. The van der Waals surface area contributed by atoms with Gasteiger partial charge < -0.3 is 10.1 Å². The summed E-state index contributed by atoms with van der Waals surface area (Å²) in [6, 6.07) is 0.245. The molecule has 0 bridgehead atoms. The van der Waals surface area contributed by atoms with Gasteiger partial charge in [-0.1, -0.05) is 34.6 Å². The third-order valence-electron chi connectivity index (χ3n) is 3.57. The lowest BCUT2D eigenvalue weighted by Crippen LogP contribution is -2.49. The number of hydrogen-bond acceptors (Lipinski definition) is 4. The molecule has 21 heavy (non-hydrogen) atoms. The zero-order valence-corrected chi connectivity index (χ0v) is 14.5. The summed E-state index contributed by atoms with van der Waals surface area (Å²) in [7, 11) is 0. The van der Waals surface area contributed by atoms with Crippen LogP contribution in [0, 0.1) is 5.41 Å². The highest BCUT2D eigenvalue weighted by atomic mass is 16.5.